The maximum absolute atomic E-state index is 4.57. The smallest absolute Gasteiger partial charge is 0.137 e. The Balaban J connectivity index is 1.94. The van der Waals surface area contributed by atoms with Gasteiger partial charge in [0, 0.05) is 30.6 Å². The first kappa shape index (κ1) is 13.4. The molecule has 1 N–H and O–H groups in total. The van der Waals surface area contributed by atoms with Gasteiger partial charge in [-0.3, -0.25) is 0 Å². The molecule has 0 bridgehead atoms. The van der Waals surface area contributed by atoms with Gasteiger partial charge in [-0.25, -0.2) is 9.97 Å². The van der Waals surface area contributed by atoms with Crippen LogP contribution in [-0.4, -0.2) is 23.6 Å². The summed E-state index contributed by atoms with van der Waals surface area (Å²) in [7, 11) is 1.93. The van der Waals surface area contributed by atoms with Crippen molar-refractivity contribution in [3.8, 4) is 0 Å². The minimum Gasteiger partial charge on any atom is -0.373 e. The van der Waals surface area contributed by atoms with Crippen LogP contribution in [-0.2, 0) is 19.4 Å². The fourth-order valence-corrected chi connectivity index (χ4v) is 3.69. The van der Waals surface area contributed by atoms with Crippen LogP contribution in [0, 0.1) is 0 Å². The molecular formula is C15H20N4S. The summed E-state index contributed by atoms with van der Waals surface area (Å²) in [4.78, 5) is 12.8. The Kier molecular flexibility index (Phi) is 3.87. The van der Waals surface area contributed by atoms with E-state index in [1.54, 1.807) is 6.33 Å². The van der Waals surface area contributed by atoms with Crippen molar-refractivity contribution in [1.82, 2.24) is 9.97 Å². The second-order valence-corrected chi connectivity index (χ2v) is 6.07. The third-order valence-corrected chi connectivity index (χ3v) is 4.79. The molecule has 1 aliphatic rings. The van der Waals surface area contributed by atoms with Gasteiger partial charge in [-0.15, -0.1) is 11.3 Å². The molecule has 0 radical (unpaired) electrons. The van der Waals surface area contributed by atoms with Gasteiger partial charge < -0.3 is 10.2 Å². The number of thiophene rings is 1. The number of hydrogen-bond acceptors (Lipinski definition) is 5. The normalized spacial score (nSPS) is 14.2. The maximum atomic E-state index is 4.57. The lowest BCUT2D eigenvalue weighted by atomic mass is 10.1. The minimum atomic E-state index is 0.966. The number of anilines is 2. The Morgan fingerprint density at radius 2 is 2.30 bits per heavy atom. The predicted molar refractivity (Wildman–Crippen MR) is 84.6 cm³/mol. The van der Waals surface area contributed by atoms with Crippen molar-refractivity contribution in [3.05, 3.63) is 33.8 Å². The summed E-state index contributed by atoms with van der Waals surface area (Å²) >= 11 is 1.87. The SMILES string of the molecule is CCCc1c(NC)ncnc1N1CCc2sccc2C1. The van der Waals surface area contributed by atoms with Crippen molar-refractivity contribution in [2.75, 3.05) is 23.8 Å². The number of nitrogens with one attached hydrogen (secondary N) is 1. The number of aromatic nitrogens is 2. The monoisotopic (exact) mass is 288 g/mol. The molecule has 2 aromatic rings. The lowest BCUT2D eigenvalue weighted by molar-refractivity contribution is 0.721. The zero-order valence-electron chi connectivity index (χ0n) is 12.0. The molecule has 2 aromatic heterocycles. The van der Waals surface area contributed by atoms with Crippen LogP contribution >= 0.6 is 11.3 Å². The minimum absolute atomic E-state index is 0.966. The molecule has 0 amide bonds. The fourth-order valence-electron chi connectivity index (χ4n) is 2.80. The Morgan fingerprint density at radius 3 is 3.10 bits per heavy atom. The number of fused-ring (bicyclic) bond motifs is 1. The molecule has 0 unspecified atom stereocenters. The molecule has 106 valence electrons. The molecule has 0 aliphatic carbocycles. The van der Waals surface area contributed by atoms with Crippen LogP contribution in [0.15, 0.2) is 17.8 Å². The van der Waals surface area contributed by atoms with Crippen LogP contribution in [0.2, 0.25) is 0 Å². The van der Waals surface area contributed by atoms with Gasteiger partial charge in [0.1, 0.15) is 18.0 Å². The van der Waals surface area contributed by atoms with E-state index < -0.39 is 0 Å². The number of rotatable bonds is 4. The summed E-state index contributed by atoms with van der Waals surface area (Å²) < 4.78 is 0. The highest BCUT2D eigenvalue weighted by molar-refractivity contribution is 7.10. The van der Waals surface area contributed by atoms with E-state index in [-0.39, 0.29) is 0 Å². The largest absolute Gasteiger partial charge is 0.373 e. The molecule has 1 aliphatic heterocycles. The van der Waals surface area contributed by atoms with Crippen molar-refractivity contribution < 1.29 is 0 Å². The molecule has 0 saturated carbocycles. The van der Waals surface area contributed by atoms with Crippen molar-refractivity contribution in [1.29, 1.82) is 0 Å². The zero-order valence-corrected chi connectivity index (χ0v) is 12.8. The van der Waals surface area contributed by atoms with E-state index in [0.29, 0.717) is 0 Å². The van der Waals surface area contributed by atoms with E-state index in [9.17, 15) is 0 Å². The summed E-state index contributed by atoms with van der Waals surface area (Å²) in [5.41, 5.74) is 2.70. The predicted octanol–water partition coefficient (Wildman–Crippen LogP) is 3.10. The average Bonchev–Trinajstić information content (AvgIpc) is 2.95. The van der Waals surface area contributed by atoms with Gasteiger partial charge in [0.2, 0.25) is 0 Å². The first-order valence-corrected chi connectivity index (χ1v) is 8.03. The van der Waals surface area contributed by atoms with Gasteiger partial charge in [-0.2, -0.15) is 0 Å². The summed E-state index contributed by atoms with van der Waals surface area (Å²) in [5, 5.41) is 5.39. The molecular weight excluding hydrogens is 268 g/mol. The van der Waals surface area contributed by atoms with Gasteiger partial charge in [-0.05, 0) is 29.9 Å². The molecule has 0 fully saturated rings. The Bertz CT molecular complexity index is 593. The third kappa shape index (κ3) is 2.38. The van der Waals surface area contributed by atoms with Crippen LogP contribution in [0.1, 0.15) is 29.3 Å². The topological polar surface area (TPSA) is 41.1 Å². The molecule has 5 heteroatoms. The summed E-state index contributed by atoms with van der Waals surface area (Å²) in [6.45, 7) is 4.21. The van der Waals surface area contributed by atoms with Gasteiger partial charge >= 0.3 is 0 Å². The molecule has 3 heterocycles. The van der Waals surface area contributed by atoms with E-state index in [1.807, 2.05) is 18.4 Å². The first-order valence-electron chi connectivity index (χ1n) is 7.15. The molecule has 4 nitrogen and oxygen atoms in total. The van der Waals surface area contributed by atoms with Crippen LogP contribution in [0.25, 0.3) is 0 Å². The van der Waals surface area contributed by atoms with E-state index in [1.165, 1.54) is 16.0 Å². The van der Waals surface area contributed by atoms with Gasteiger partial charge in [0.25, 0.3) is 0 Å². The Morgan fingerprint density at radius 1 is 1.40 bits per heavy atom. The highest BCUT2D eigenvalue weighted by Crippen LogP contribution is 2.31. The lowest BCUT2D eigenvalue weighted by Gasteiger charge is -2.30. The third-order valence-electron chi connectivity index (χ3n) is 3.77. The molecule has 20 heavy (non-hydrogen) atoms. The number of nitrogens with zero attached hydrogens (tertiary/aromatic N) is 3. The summed E-state index contributed by atoms with van der Waals surface area (Å²) in [5.74, 6) is 2.07. The highest BCUT2D eigenvalue weighted by Gasteiger charge is 2.21. The van der Waals surface area contributed by atoms with Crippen molar-refractivity contribution in [2.24, 2.45) is 0 Å². The van der Waals surface area contributed by atoms with E-state index in [2.05, 4.69) is 38.6 Å². The summed E-state index contributed by atoms with van der Waals surface area (Å²) in [6.07, 6.45) is 4.91. The second kappa shape index (κ2) is 5.79. The standard InChI is InChI=1S/C15H20N4S/c1-3-4-12-14(16-2)17-10-18-15(12)19-7-5-13-11(9-19)6-8-20-13/h6,8,10H,3-5,7,9H2,1-2H3,(H,16,17,18). The molecule has 0 spiro atoms. The maximum Gasteiger partial charge on any atom is 0.137 e. The molecule has 0 atom stereocenters. The van der Waals surface area contributed by atoms with Crippen LogP contribution < -0.4 is 10.2 Å². The van der Waals surface area contributed by atoms with Gasteiger partial charge in [0.05, 0.1) is 0 Å². The van der Waals surface area contributed by atoms with Crippen molar-refractivity contribution in [2.45, 2.75) is 32.7 Å². The fraction of sp³-hybridized carbons (Fsp3) is 0.467. The molecule has 0 saturated heterocycles. The Hall–Kier alpha value is -1.62. The van der Waals surface area contributed by atoms with E-state index in [4.69, 9.17) is 0 Å². The van der Waals surface area contributed by atoms with Crippen molar-refractivity contribution >= 4 is 23.0 Å². The van der Waals surface area contributed by atoms with Gasteiger partial charge in [-0.1, -0.05) is 13.3 Å². The van der Waals surface area contributed by atoms with E-state index >= 15 is 0 Å². The number of hydrogen-bond donors (Lipinski definition) is 1. The van der Waals surface area contributed by atoms with Crippen molar-refractivity contribution in [3.63, 3.8) is 0 Å². The van der Waals surface area contributed by atoms with Gasteiger partial charge in [0.15, 0.2) is 0 Å². The Labute approximate surface area is 123 Å². The molecule has 3 rings (SSSR count). The summed E-state index contributed by atoms with van der Waals surface area (Å²) in [6, 6.07) is 2.24. The van der Waals surface area contributed by atoms with Crippen LogP contribution in [0.4, 0.5) is 11.6 Å². The molecule has 0 aromatic carbocycles. The zero-order chi connectivity index (χ0) is 13.9. The second-order valence-electron chi connectivity index (χ2n) is 5.07. The van der Waals surface area contributed by atoms with Crippen LogP contribution in [0.3, 0.4) is 0 Å². The average molecular weight is 288 g/mol. The quantitative estimate of drug-likeness (QED) is 0.938. The highest BCUT2D eigenvalue weighted by atomic mass is 32.1. The van der Waals surface area contributed by atoms with E-state index in [0.717, 1.165) is 44.0 Å². The lowest BCUT2D eigenvalue weighted by Crippen LogP contribution is -2.31. The first-order chi connectivity index (χ1) is 9.83. The van der Waals surface area contributed by atoms with Crippen LogP contribution in [0.5, 0.6) is 0 Å².